The number of fused-ring (bicyclic) bond motifs is 3. The average Bonchev–Trinajstić information content (AvgIpc) is 3.00. The summed E-state index contributed by atoms with van der Waals surface area (Å²) in [4.78, 5) is 17.9. The molecule has 0 fully saturated rings. The van der Waals surface area contributed by atoms with Gasteiger partial charge in [-0.2, -0.15) is 0 Å². The predicted molar refractivity (Wildman–Crippen MR) is 115 cm³/mol. The fourth-order valence-corrected chi connectivity index (χ4v) is 4.33. The van der Waals surface area contributed by atoms with Crippen LogP contribution in [0.5, 0.6) is 0 Å². The van der Waals surface area contributed by atoms with E-state index in [-0.39, 0.29) is 5.43 Å². The summed E-state index contributed by atoms with van der Waals surface area (Å²) in [6, 6.07) is 20.0. The molecule has 2 heterocycles. The van der Waals surface area contributed by atoms with Crippen molar-refractivity contribution in [1.82, 2.24) is 14.1 Å². The second kappa shape index (κ2) is 6.06. The van der Waals surface area contributed by atoms with Crippen LogP contribution in [0.25, 0.3) is 32.8 Å². The van der Waals surface area contributed by atoms with Gasteiger partial charge in [-0.25, -0.2) is 4.98 Å². The molecule has 0 N–H and O–H groups in total. The van der Waals surface area contributed by atoms with Crippen LogP contribution in [0.4, 0.5) is 0 Å². The van der Waals surface area contributed by atoms with Crippen molar-refractivity contribution in [3.63, 3.8) is 0 Å². The average molecular weight is 367 g/mol. The predicted octanol–water partition coefficient (Wildman–Crippen LogP) is 4.71. The van der Waals surface area contributed by atoms with Crippen LogP contribution in [-0.2, 0) is 13.6 Å². The standard InChI is InChI=1S/C24H21N3O/c1-15-12-16(2)23-19(13-15)25-22(26(23)3)14-27-20-10-6-4-8-17(20)24(28)18-9-5-7-11-21(18)27/h4-13H,14H2,1-3H3. The third kappa shape index (κ3) is 2.38. The van der Waals surface area contributed by atoms with E-state index >= 15 is 0 Å². The Bertz CT molecular complexity index is 1380. The van der Waals surface area contributed by atoms with Gasteiger partial charge in [0.15, 0.2) is 5.43 Å². The van der Waals surface area contributed by atoms with Gasteiger partial charge in [0.05, 0.1) is 28.6 Å². The van der Waals surface area contributed by atoms with Crippen molar-refractivity contribution in [3.05, 3.63) is 87.8 Å². The quantitative estimate of drug-likeness (QED) is 0.424. The monoisotopic (exact) mass is 367 g/mol. The van der Waals surface area contributed by atoms with Gasteiger partial charge in [0, 0.05) is 17.8 Å². The summed E-state index contributed by atoms with van der Waals surface area (Å²) in [5.74, 6) is 0.975. The van der Waals surface area contributed by atoms with Crippen molar-refractivity contribution < 1.29 is 0 Å². The van der Waals surface area contributed by atoms with Crippen LogP contribution in [0.2, 0.25) is 0 Å². The van der Waals surface area contributed by atoms with Crippen molar-refractivity contribution in [3.8, 4) is 0 Å². The number of rotatable bonds is 2. The zero-order valence-corrected chi connectivity index (χ0v) is 16.2. The van der Waals surface area contributed by atoms with Crippen LogP contribution in [0.1, 0.15) is 17.0 Å². The normalized spacial score (nSPS) is 11.7. The molecule has 3 aromatic carbocycles. The first-order valence-corrected chi connectivity index (χ1v) is 9.47. The third-order valence-corrected chi connectivity index (χ3v) is 5.58. The molecule has 0 amide bonds. The Balaban J connectivity index is 1.82. The van der Waals surface area contributed by atoms with Gasteiger partial charge in [0.2, 0.25) is 0 Å². The number of imidazole rings is 1. The molecular weight excluding hydrogens is 346 g/mol. The number of aromatic nitrogens is 3. The molecule has 0 atom stereocenters. The first-order chi connectivity index (χ1) is 13.5. The van der Waals surface area contributed by atoms with E-state index < -0.39 is 0 Å². The molecule has 0 unspecified atom stereocenters. The smallest absolute Gasteiger partial charge is 0.197 e. The van der Waals surface area contributed by atoms with Crippen molar-refractivity contribution in [2.45, 2.75) is 20.4 Å². The summed E-state index contributed by atoms with van der Waals surface area (Å²) in [6.07, 6.45) is 0. The Hall–Kier alpha value is -3.40. The molecule has 0 spiro atoms. The lowest BCUT2D eigenvalue weighted by atomic mass is 10.1. The summed E-state index contributed by atoms with van der Waals surface area (Å²) >= 11 is 0. The highest BCUT2D eigenvalue weighted by Crippen LogP contribution is 2.24. The van der Waals surface area contributed by atoms with Crippen LogP contribution >= 0.6 is 0 Å². The number of hydrogen-bond donors (Lipinski definition) is 0. The van der Waals surface area contributed by atoms with E-state index in [0.29, 0.717) is 6.54 Å². The van der Waals surface area contributed by atoms with Gasteiger partial charge in [0.1, 0.15) is 5.82 Å². The molecule has 0 saturated heterocycles. The Kier molecular flexibility index (Phi) is 3.63. The Morgan fingerprint density at radius 3 is 2.14 bits per heavy atom. The molecule has 4 heteroatoms. The largest absolute Gasteiger partial charge is 0.333 e. The first kappa shape index (κ1) is 16.8. The fourth-order valence-electron chi connectivity index (χ4n) is 4.33. The van der Waals surface area contributed by atoms with Gasteiger partial charge in [-0.3, -0.25) is 4.79 Å². The molecule has 5 aromatic rings. The van der Waals surface area contributed by atoms with Crippen LogP contribution in [-0.4, -0.2) is 14.1 Å². The highest BCUT2D eigenvalue weighted by atomic mass is 16.1. The number of benzene rings is 3. The lowest BCUT2D eigenvalue weighted by Crippen LogP contribution is -2.14. The maximum absolute atomic E-state index is 12.9. The minimum absolute atomic E-state index is 0.0823. The number of aryl methyl sites for hydroxylation is 3. The summed E-state index contributed by atoms with van der Waals surface area (Å²) in [7, 11) is 2.07. The molecule has 0 aliphatic carbocycles. The Labute approximate surface area is 162 Å². The fraction of sp³-hybridized carbons (Fsp3) is 0.167. The number of hydrogen-bond acceptors (Lipinski definition) is 2. The van der Waals surface area contributed by atoms with E-state index in [1.807, 2.05) is 48.5 Å². The minimum atomic E-state index is 0.0823. The summed E-state index contributed by atoms with van der Waals surface area (Å²) in [5, 5.41) is 1.49. The topological polar surface area (TPSA) is 39.8 Å². The van der Waals surface area contributed by atoms with Crippen molar-refractivity contribution in [2.75, 3.05) is 0 Å². The van der Waals surface area contributed by atoms with Crippen LogP contribution in [0.15, 0.2) is 65.5 Å². The second-order valence-electron chi connectivity index (χ2n) is 7.49. The van der Waals surface area contributed by atoms with Crippen LogP contribution in [0, 0.1) is 13.8 Å². The molecule has 0 bridgehead atoms. The molecule has 138 valence electrons. The molecule has 28 heavy (non-hydrogen) atoms. The van der Waals surface area contributed by atoms with Crippen molar-refractivity contribution >= 4 is 32.8 Å². The second-order valence-corrected chi connectivity index (χ2v) is 7.49. The summed E-state index contributed by atoms with van der Waals surface area (Å²) < 4.78 is 4.38. The van der Waals surface area contributed by atoms with Gasteiger partial charge in [0.25, 0.3) is 0 Å². The Morgan fingerprint density at radius 2 is 1.50 bits per heavy atom. The maximum Gasteiger partial charge on any atom is 0.197 e. The molecule has 5 rings (SSSR count). The molecule has 0 saturated carbocycles. The number of pyridine rings is 1. The van der Waals surface area contributed by atoms with Crippen molar-refractivity contribution in [2.24, 2.45) is 7.05 Å². The molecule has 4 nitrogen and oxygen atoms in total. The van der Waals surface area contributed by atoms with E-state index in [9.17, 15) is 4.79 Å². The third-order valence-electron chi connectivity index (χ3n) is 5.58. The minimum Gasteiger partial charge on any atom is -0.333 e. The van der Waals surface area contributed by atoms with E-state index in [2.05, 4.69) is 42.2 Å². The molecule has 0 aliphatic rings. The summed E-state index contributed by atoms with van der Waals surface area (Å²) in [6.45, 7) is 4.83. The van der Waals surface area contributed by atoms with Crippen LogP contribution < -0.4 is 5.43 Å². The van der Waals surface area contributed by atoms with Gasteiger partial charge >= 0.3 is 0 Å². The molecular formula is C24H21N3O. The maximum atomic E-state index is 12.9. The highest BCUT2D eigenvalue weighted by molar-refractivity contribution is 5.93. The van der Waals surface area contributed by atoms with E-state index in [0.717, 1.165) is 38.7 Å². The van der Waals surface area contributed by atoms with E-state index in [1.54, 1.807) is 0 Å². The van der Waals surface area contributed by atoms with Gasteiger partial charge in [-0.1, -0.05) is 30.3 Å². The van der Waals surface area contributed by atoms with E-state index in [4.69, 9.17) is 4.98 Å². The van der Waals surface area contributed by atoms with Gasteiger partial charge in [-0.15, -0.1) is 0 Å². The van der Waals surface area contributed by atoms with Gasteiger partial charge in [-0.05, 0) is 55.3 Å². The lowest BCUT2D eigenvalue weighted by Gasteiger charge is -2.15. The zero-order chi connectivity index (χ0) is 19.4. The summed E-state index contributed by atoms with van der Waals surface area (Å²) in [5.41, 5.74) is 6.58. The first-order valence-electron chi connectivity index (χ1n) is 9.47. The molecule has 0 radical (unpaired) electrons. The number of para-hydroxylation sites is 2. The van der Waals surface area contributed by atoms with Gasteiger partial charge < -0.3 is 9.13 Å². The van der Waals surface area contributed by atoms with E-state index in [1.165, 1.54) is 11.1 Å². The SMILES string of the molecule is Cc1cc(C)c2c(c1)nc(Cn1c3ccccc3c(=O)c3ccccc31)n2C. The lowest BCUT2D eigenvalue weighted by molar-refractivity contribution is 0.740. The molecule has 2 aromatic heterocycles. The molecule has 0 aliphatic heterocycles. The van der Waals surface area contributed by atoms with Crippen LogP contribution in [0.3, 0.4) is 0 Å². The highest BCUT2D eigenvalue weighted by Gasteiger charge is 2.15. The number of nitrogens with zero attached hydrogens (tertiary/aromatic N) is 3. The zero-order valence-electron chi connectivity index (χ0n) is 16.2. The Morgan fingerprint density at radius 1 is 0.893 bits per heavy atom. The van der Waals surface area contributed by atoms with Crippen molar-refractivity contribution in [1.29, 1.82) is 0 Å².